The highest BCUT2D eigenvalue weighted by Crippen LogP contribution is 2.35. The van der Waals surface area contributed by atoms with E-state index < -0.39 is 5.54 Å². The van der Waals surface area contributed by atoms with Gasteiger partial charge in [-0.25, -0.2) is 0 Å². The van der Waals surface area contributed by atoms with Crippen LogP contribution in [-0.2, 0) is 0 Å². The molecule has 1 heterocycles. The van der Waals surface area contributed by atoms with Crippen LogP contribution in [0.5, 0.6) is 11.5 Å². The summed E-state index contributed by atoms with van der Waals surface area (Å²) in [6, 6.07) is 7.40. The van der Waals surface area contributed by atoms with E-state index in [4.69, 9.17) is 14.7 Å². The Morgan fingerprint density at radius 2 is 2.11 bits per heavy atom. The highest BCUT2D eigenvalue weighted by atomic mass is 16.6. The van der Waals surface area contributed by atoms with Crippen molar-refractivity contribution >= 4 is 5.91 Å². The normalized spacial score (nSPS) is 18.9. The van der Waals surface area contributed by atoms with Gasteiger partial charge in [0.1, 0.15) is 18.8 Å². The van der Waals surface area contributed by atoms with Crippen LogP contribution in [-0.4, -0.2) is 24.7 Å². The van der Waals surface area contributed by atoms with Crippen LogP contribution in [0.15, 0.2) is 18.2 Å². The number of benzene rings is 1. The molecule has 0 spiro atoms. The number of para-hydroxylation sites is 1. The summed E-state index contributed by atoms with van der Waals surface area (Å²) in [7, 11) is 0. The average molecular weight is 258 g/mol. The zero-order valence-electron chi connectivity index (χ0n) is 10.4. The highest BCUT2D eigenvalue weighted by molar-refractivity contribution is 5.98. The molecule has 1 fully saturated rings. The fourth-order valence-corrected chi connectivity index (χ4v) is 2.33. The Bertz CT molecular complexity index is 558. The van der Waals surface area contributed by atoms with Crippen molar-refractivity contribution in [2.24, 2.45) is 0 Å². The van der Waals surface area contributed by atoms with Crippen LogP contribution in [0.4, 0.5) is 0 Å². The lowest BCUT2D eigenvalue weighted by molar-refractivity contribution is 0.0871. The second kappa shape index (κ2) is 4.47. The van der Waals surface area contributed by atoms with E-state index in [1.165, 1.54) is 0 Å². The van der Waals surface area contributed by atoms with Crippen LogP contribution in [0.3, 0.4) is 0 Å². The summed E-state index contributed by atoms with van der Waals surface area (Å²) < 4.78 is 10.9. The van der Waals surface area contributed by atoms with Gasteiger partial charge in [0.05, 0.1) is 11.6 Å². The van der Waals surface area contributed by atoms with E-state index in [0.29, 0.717) is 43.1 Å². The van der Waals surface area contributed by atoms with Crippen LogP contribution >= 0.6 is 0 Å². The summed E-state index contributed by atoms with van der Waals surface area (Å²) >= 11 is 0. The summed E-state index contributed by atoms with van der Waals surface area (Å²) in [5, 5.41) is 12.0. The van der Waals surface area contributed by atoms with Crippen molar-refractivity contribution < 1.29 is 14.3 Å². The number of rotatable bonds is 2. The van der Waals surface area contributed by atoms with E-state index in [-0.39, 0.29) is 5.91 Å². The molecular weight excluding hydrogens is 244 g/mol. The number of nitriles is 1. The molecule has 1 amide bonds. The standard InChI is InChI=1S/C14H14N2O3/c15-9-14(5-2-6-14)16-13(17)10-3-1-4-11-12(10)19-8-7-18-11/h1,3-4H,2,5-8H2,(H,16,17). The van der Waals surface area contributed by atoms with Gasteiger partial charge in [0.2, 0.25) is 0 Å². The maximum atomic E-state index is 12.3. The first-order valence-corrected chi connectivity index (χ1v) is 6.36. The highest BCUT2D eigenvalue weighted by Gasteiger charge is 2.39. The number of carbonyl (C=O) groups is 1. The lowest BCUT2D eigenvalue weighted by Gasteiger charge is -2.36. The number of carbonyl (C=O) groups excluding carboxylic acids is 1. The van der Waals surface area contributed by atoms with Crippen molar-refractivity contribution in [3.8, 4) is 17.6 Å². The first kappa shape index (κ1) is 11.8. The molecule has 5 heteroatoms. The lowest BCUT2D eigenvalue weighted by atomic mass is 9.78. The quantitative estimate of drug-likeness (QED) is 0.875. The molecule has 0 aromatic heterocycles. The van der Waals surface area contributed by atoms with Gasteiger partial charge in [-0.3, -0.25) is 4.79 Å². The number of ether oxygens (including phenoxy) is 2. The molecule has 2 aliphatic rings. The van der Waals surface area contributed by atoms with Crippen LogP contribution in [0.1, 0.15) is 29.6 Å². The summed E-state index contributed by atoms with van der Waals surface area (Å²) in [5.41, 5.74) is -0.270. The molecule has 0 saturated heterocycles. The largest absolute Gasteiger partial charge is 0.486 e. The Hall–Kier alpha value is -2.22. The molecule has 1 aromatic carbocycles. The van der Waals surface area contributed by atoms with Crippen LogP contribution in [0.2, 0.25) is 0 Å². The zero-order chi connectivity index (χ0) is 13.3. The Morgan fingerprint density at radius 3 is 2.79 bits per heavy atom. The molecule has 1 saturated carbocycles. The van der Waals surface area contributed by atoms with E-state index >= 15 is 0 Å². The summed E-state index contributed by atoms with van der Waals surface area (Å²) in [4.78, 5) is 12.3. The third kappa shape index (κ3) is 1.99. The SMILES string of the molecule is N#CC1(NC(=O)c2cccc3c2OCCO3)CCC1. The molecule has 0 unspecified atom stereocenters. The Kier molecular flexibility index (Phi) is 2.79. The van der Waals surface area contributed by atoms with Gasteiger partial charge in [-0.15, -0.1) is 0 Å². The van der Waals surface area contributed by atoms with E-state index in [1.54, 1.807) is 18.2 Å². The molecule has 3 rings (SSSR count). The molecule has 1 aliphatic heterocycles. The second-order valence-electron chi connectivity index (χ2n) is 4.83. The van der Waals surface area contributed by atoms with Crippen molar-refractivity contribution in [2.45, 2.75) is 24.8 Å². The van der Waals surface area contributed by atoms with Crippen LogP contribution < -0.4 is 14.8 Å². The van der Waals surface area contributed by atoms with Crippen molar-refractivity contribution in [3.63, 3.8) is 0 Å². The predicted octanol–water partition coefficient (Wildman–Crippen LogP) is 1.63. The number of nitrogens with one attached hydrogen (secondary N) is 1. The maximum absolute atomic E-state index is 12.3. The lowest BCUT2D eigenvalue weighted by Crippen LogP contribution is -2.52. The topological polar surface area (TPSA) is 71.4 Å². The maximum Gasteiger partial charge on any atom is 0.256 e. The minimum Gasteiger partial charge on any atom is -0.486 e. The van der Waals surface area contributed by atoms with Gasteiger partial charge in [0.25, 0.3) is 5.91 Å². The summed E-state index contributed by atoms with van der Waals surface area (Å²) in [6.07, 6.45) is 2.39. The number of amides is 1. The van der Waals surface area contributed by atoms with Gasteiger partial charge in [-0.1, -0.05) is 6.07 Å². The van der Waals surface area contributed by atoms with Gasteiger partial charge >= 0.3 is 0 Å². The van der Waals surface area contributed by atoms with Crippen LogP contribution in [0.25, 0.3) is 0 Å². The number of nitrogens with zero attached hydrogens (tertiary/aromatic N) is 1. The minimum atomic E-state index is -0.699. The van der Waals surface area contributed by atoms with Crippen molar-refractivity contribution in [1.29, 1.82) is 5.26 Å². The molecule has 0 radical (unpaired) electrons. The third-order valence-corrected chi connectivity index (χ3v) is 3.58. The van der Waals surface area contributed by atoms with Gasteiger partial charge in [-0.05, 0) is 31.4 Å². The van der Waals surface area contributed by atoms with Crippen molar-refractivity contribution in [1.82, 2.24) is 5.32 Å². The van der Waals surface area contributed by atoms with Gasteiger partial charge < -0.3 is 14.8 Å². The van der Waals surface area contributed by atoms with Crippen LogP contribution in [0, 0.1) is 11.3 Å². The Labute approximate surface area is 111 Å². The van der Waals surface area contributed by atoms with E-state index in [0.717, 1.165) is 6.42 Å². The van der Waals surface area contributed by atoms with Gasteiger partial charge in [0.15, 0.2) is 11.5 Å². The van der Waals surface area contributed by atoms with Gasteiger partial charge in [-0.2, -0.15) is 5.26 Å². The molecular formula is C14H14N2O3. The van der Waals surface area contributed by atoms with E-state index in [2.05, 4.69) is 11.4 Å². The molecule has 1 aromatic rings. The van der Waals surface area contributed by atoms with Gasteiger partial charge in [0, 0.05) is 0 Å². The molecule has 1 N–H and O–H groups in total. The molecule has 98 valence electrons. The number of hydrogen-bond donors (Lipinski definition) is 1. The fourth-order valence-electron chi connectivity index (χ4n) is 2.33. The summed E-state index contributed by atoms with van der Waals surface area (Å²) in [5.74, 6) is 0.779. The monoisotopic (exact) mass is 258 g/mol. The predicted molar refractivity (Wildman–Crippen MR) is 67.1 cm³/mol. The number of fused-ring (bicyclic) bond motifs is 1. The molecule has 0 bridgehead atoms. The molecule has 5 nitrogen and oxygen atoms in total. The Balaban J connectivity index is 1.86. The average Bonchev–Trinajstić information content (AvgIpc) is 2.42. The number of hydrogen-bond acceptors (Lipinski definition) is 4. The van der Waals surface area contributed by atoms with E-state index in [9.17, 15) is 4.79 Å². The fraction of sp³-hybridized carbons (Fsp3) is 0.429. The minimum absolute atomic E-state index is 0.274. The molecule has 1 aliphatic carbocycles. The molecule has 19 heavy (non-hydrogen) atoms. The zero-order valence-corrected chi connectivity index (χ0v) is 10.4. The van der Waals surface area contributed by atoms with E-state index in [1.807, 2.05) is 0 Å². The first-order valence-electron chi connectivity index (χ1n) is 6.36. The smallest absolute Gasteiger partial charge is 0.256 e. The summed E-state index contributed by atoms with van der Waals surface area (Å²) in [6.45, 7) is 0.918. The van der Waals surface area contributed by atoms with Crippen molar-refractivity contribution in [3.05, 3.63) is 23.8 Å². The second-order valence-corrected chi connectivity index (χ2v) is 4.83. The van der Waals surface area contributed by atoms with Crippen molar-refractivity contribution in [2.75, 3.05) is 13.2 Å². The Morgan fingerprint density at radius 1 is 1.32 bits per heavy atom. The molecule has 0 atom stereocenters. The first-order chi connectivity index (χ1) is 9.24. The third-order valence-electron chi connectivity index (χ3n) is 3.58.